The van der Waals surface area contributed by atoms with Crippen molar-refractivity contribution in [3.8, 4) is 5.75 Å². The largest absolute Gasteiger partial charge is 0.486 e. The number of rotatable bonds is 7. The molecular formula is C16H17ClN2O2S. The maximum absolute atomic E-state index is 11.6. The number of thiazole rings is 1. The van der Waals surface area contributed by atoms with E-state index in [0.29, 0.717) is 13.2 Å². The number of benzene rings is 1. The van der Waals surface area contributed by atoms with Crippen LogP contribution in [-0.4, -0.2) is 17.4 Å². The highest BCUT2D eigenvalue weighted by Gasteiger charge is 2.08. The molecule has 6 heteroatoms. The number of nitrogens with zero attached hydrogens (tertiary/aromatic N) is 1. The summed E-state index contributed by atoms with van der Waals surface area (Å²) >= 11 is 7.46. The van der Waals surface area contributed by atoms with E-state index in [0.717, 1.165) is 27.0 Å². The molecule has 0 aliphatic carbocycles. The number of ether oxygens (including phenoxy) is 1. The molecule has 0 aliphatic heterocycles. The fourth-order valence-corrected chi connectivity index (χ4v) is 2.58. The van der Waals surface area contributed by atoms with E-state index in [2.05, 4.69) is 16.9 Å². The van der Waals surface area contributed by atoms with Crippen molar-refractivity contribution in [2.45, 2.75) is 20.0 Å². The number of hydrogen-bond donors (Lipinski definition) is 1. The zero-order chi connectivity index (χ0) is 15.9. The van der Waals surface area contributed by atoms with E-state index in [-0.39, 0.29) is 12.3 Å². The molecule has 2 rings (SSSR count). The third-order valence-corrected chi connectivity index (χ3v) is 4.17. The number of halogens is 1. The van der Waals surface area contributed by atoms with Gasteiger partial charge in [-0.1, -0.05) is 17.7 Å². The molecule has 1 heterocycles. The van der Waals surface area contributed by atoms with Crippen molar-refractivity contribution >= 4 is 28.8 Å². The van der Waals surface area contributed by atoms with Gasteiger partial charge in [-0.25, -0.2) is 4.98 Å². The highest BCUT2D eigenvalue weighted by molar-refractivity contribution is 7.09. The number of aryl methyl sites for hydroxylation is 1. The zero-order valence-corrected chi connectivity index (χ0v) is 13.8. The Morgan fingerprint density at radius 3 is 3.09 bits per heavy atom. The minimum atomic E-state index is -0.0639. The van der Waals surface area contributed by atoms with Gasteiger partial charge in [-0.15, -0.1) is 17.9 Å². The van der Waals surface area contributed by atoms with E-state index < -0.39 is 0 Å². The van der Waals surface area contributed by atoms with Gasteiger partial charge in [-0.2, -0.15) is 0 Å². The van der Waals surface area contributed by atoms with Crippen LogP contribution in [-0.2, 0) is 17.8 Å². The fourth-order valence-electron chi connectivity index (χ4n) is 1.76. The maximum Gasteiger partial charge on any atom is 0.226 e. The molecule has 1 aromatic carbocycles. The molecule has 0 unspecified atom stereocenters. The summed E-state index contributed by atoms with van der Waals surface area (Å²) in [6, 6.07) is 5.52. The summed E-state index contributed by atoms with van der Waals surface area (Å²) in [6.45, 7) is 6.33. The Hall–Kier alpha value is -1.85. The summed E-state index contributed by atoms with van der Waals surface area (Å²) in [5, 5.41) is 6.15. The Morgan fingerprint density at radius 1 is 1.55 bits per heavy atom. The average molecular weight is 337 g/mol. The molecule has 0 bridgehead atoms. The number of carbonyl (C=O) groups is 1. The van der Waals surface area contributed by atoms with Gasteiger partial charge in [0.1, 0.15) is 17.4 Å². The van der Waals surface area contributed by atoms with Gasteiger partial charge in [0.25, 0.3) is 0 Å². The van der Waals surface area contributed by atoms with Crippen molar-refractivity contribution in [1.29, 1.82) is 0 Å². The predicted molar refractivity (Wildman–Crippen MR) is 89.5 cm³/mol. The Kier molecular flexibility index (Phi) is 5.98. The highest BCUT2D eigenvalue weighted by Crippen LogP contribution is 2.22. The summed E-state index contributed by atoms with van der Waals surface area (Å²) in [6.07, 6.45) is 1.91. The Morgan fingerprint density at radius 2 is 2.36 bits per heavy atom. The molecule has 0 radical (unpaired) electrons. The van der Waals surface area contributed by atoms with Gasteiger partial charge in [0.05, 0.1) is 12.1 Å². The fraction of sp³-hybridized carbons (Fsp3) is 0.250. The van der Waals surface area contributed by atoms with E-state index in [9.17, 15) is 4.79 Å². The Balaban J connectivity index is 1.87. The molecule has 1 N–H and O–H groups in total. The summed E-state index contributed by atoms with van der Waals surface area (Å²) in [5.41, 5.74) is 1.72. The second kappa shape index (κ2) is 7.96. The molecular weight excluding hydrogens is 320 g/mol. The summed E-state index contributed by atoms with van der Waals surface area (Å²) < 4.78 is 5.69. The normalized spacial score (nSPS) is 10.3. The van der Waals surface area contributed by atoms with Crippen molar-refractivity contribution in [3.05, 3.63) is 57.5 Å². The van der Waals surface area contributed by atoms with Crippen LogP contribution in [0.25, 0.3) is 0 Å². The van der Waals surface area contributed by atoms with Gasteiger partial charge < -0.3 is 10.1 Å². The lowest BCUT2D eigenvalue weighted by Crippen LogP contribution is -2.25. The second-order valence-electron chi connectivity index (χ2n) is 4.70. The van der Waals surface area contributed by atoms with E-state index in [1.165, 1.54) is 11.3 Å². The lowest BCUT2D eigenvalue weighted by atomic mass is 10.2. The molecule has 0 saturated carbocycles. The molecule has 0 fully saturated rings. The predicted octanol–water partition coefficient (Wildman–Crippen LogP) is 3.53. The standard InChI is InChI=1S/C16H17ClN2O2S/c1-3-6-18-15(20)8-12-10-22-16(19-12)9-21-13-4-5-14(17)11(2)7-13/h3-5,7,10H,1,6,8-9H2,2H3,(H,18,20). The number of carbonyl (C=O) groups excluding carboxylic acids is 1. The summed E-state index contributed by atoms with van der Waals surface area (Å²) in [4.78, 5) is 16.0. The minimum absolute atomic E-state index is 0.0639. The van der Waals surface area contributed by atoms with Crippen LogP contribution >= 0.6 is 22.9 Å². The van der Waals surface area contributed by atoms with Crippen LogP contribution in [0.3, 0.4) is 0 Å². The number of amides is 1. The van der Waals surface area contributed by atoms with Crippen LogP contribution in [0.1, 0.15) is 16.3 Å². The van der Waals surface area contributed by atoms with E-state index in [1.54, 1.807) is 6.08 Å². The number of hydrogen-bond acceptors (Lipinski definition) is 4. The van der Waals surface area contributed by atoms with Crippen LogP contribution in [0.15, 0.2) is 36.2 Å². The topological polar surface area (TPSA) is 51.2 Å². The van der Waals surface area contributed by atoms with Gasteiger partial charge in [0.15, 0.2) is 0 Å². The van der Waals surface area contributed by atoms with Gasteiger partial charge in [-0.05, 0) is 30.7 Å². The third kappa shape index (κ3) is 4.86. The van der Waals surface area contributed by atoms with E-state index in [4.69, 9.17) is 16.3 Å². The molecule has 116 valence electrons. The maximum atomic E-state index is 11.6. The minimum Gasteiger partial charge on any atom is -0.486 e. The van der Waals surface area contributed by atoms with Gasteiger partial charge in [0.2, 0.25) is 5.91 Å². The van der Waals surface area contributed by atoms with Gasteiger partial charge >= 0.3 is 0 Å². The molecule has 4 nitrogen and oxygen atoms in total. The van der Waals surface area contributed by atoms with Crippen LogP contribution in [0.5, 0.6) is 5.75 Å². The molecule has 1 aromatic heterocycles. The first-order valence-electron chi connectivity index (χ1n) is 6.78. The number of aromatic nitrogens is 1. The molecule has 0 spiro atoms. The van der Waals surface area contributed by atoms with Crippen molar-refractivity contribution < 1.29 is 9.53 Å². The lowest BCUT2D eigenvalue weighted by molar-refractivity contribution is -0.120. The second-order valence-corrected chi connectivity index (χ2v) is 6.05. The first-order valence-corrected chi connectivity index (χ1v) is 8.04. The van der Waals surface area contributed by atoms with Gasteiger partial charge in [-0.3, -0.25) is 4.79 Å². The third-order valence-electron chi connectivity index (χ3n) is 2.88. The molecule has 22 heavy (non-hydrogen) atoms. The molecule has 0 atom stereocenters. The SMILES string of the molecule is C=CCNC(=O)Cc1csc(COc2ccc(Cl)c(C)c2)n1. The first kappa shape index (κ1) is 16.5. The molecule has 2 aromatic rings. The van der Waals surface area contributed by atoms with Crippen LogP contribution in [0.4, 0.5) is 0 Å². The molecule has 0 saturated heterocycles. The zero-order valence-electron chi connectivity index (χ0n) is 12.3. The molecule has 0 aliphatic rings. The van der Waals surface area contributed by atoms with Crippen molar-refractivity contribution in [2.24, 2.45) is 0 Å². The van der Waals surface area contributed by atoms with Gasteiger partial charge in [0, 0.05) is 16.9 Å². The summed E-state index contributed by atoms with van der Waals surface area (Å²) in [5.74, 6) is 0.688. The average Bonchev–Trinajstić information content (AvgIpc) is 2.94. The number of nitrogens with one attached hydrogen (secondary N) is 1. The smallest absolute Gasteiger partial charge is 0.226 e. The van der Waals surface area contributed by atoms with Crippen molar-refractivity contribution in [1.82, 2.24) is 10.3 Å². The molecule has 1 amide bonds. The summed E-state index contributed by atoms with van der Waals surface area (Å²) in [7, 11) is 0. The van der Waals surface area contributed by atoms with Crippen LogP contribution in [0.2, 0.25) is 5.02 Å². The van der Waals surface area contributed by atoms with E-state index >= 15 is 0 Å². The lowest BCUT2D eigenvalue weighted by Gasteiger charge is -2.05. The monoisotopic (exact) mass is 336 g/mol. The Labute approximate surface area is 138 Å². The first-order chi connectivity index (χ1) is 10.6. The van der Waals surface area contributed by atoms with E-state index in [1.807, 2.05) is 30.5 Å². The Bertz CT molecular complexity index is 670. The van der Waals surface area contributed by atoms with Crippen LogP contribution in [0, 0.1) is 6.92 Å². The van der Waals surface area contributed by atoms with Crippen molar-refractivity contribution in [3.63, 3.8) is 0 Å². The van der Waals surface area contributed by atoms with Crippen LogP contribution < -0.4 is 10.1 Å². The van der Waals surface area contributed by atoms with Crippen molar-refractivity contribution in [2.75, 3.05) is 6.54 Å². The highest BCUT2D eigenvalue weighted by atomic mass is 35.5. The quantitative estimate of drug-likeness (QED) is 0.787.